The van der Waals surface area contributed by atoms with Crippen LogP contribution in [0, 0.1) is 0 Å². The molecule has 0 aliphatic carbocycles. The summed E-state index contributed by atoms with van der Waals surface area (Å²) in [5.41, 5.74) is 0. The first kappa shape index (κ1) is 18.2. The summed E-state index contributed by atoms with van der Waals surface area (Å²) < 4.78 is 10.4. The summed E-state index contributed by atoms with van der Waals surface area (Å²) in [4.78, 5) is 32.4. The summed E-state index contributed by atoms with van der Waals surface area (Å²) in [5, 5.41) is 3.97. The highest BCUT2D eigenvalue weighted by molar-refractivity contribution is 5.91. The van der Waals surface area contributed by atoms with Crippen LogP contribution in [-0.4, -0.2) is 57.4 Å². The Balaban J connectivity index is 1.59. The normalized spacial score (nSPS) is 17.1. The van der Waals surface area contributed by atoms with Crippen molar-refractivity contribution in [1.29, 1.82) is 0 Å². The van der Waals surface area contributed by atoms with Crippen LogP contribution in [0.4, 0.5) is 0 Å². The molecule has 2 aromatic rings. The zero-order valence-corrected chi connectivity index (χ0v) is 15.3. The fourth-order valence-corrected chi connectivity index (χ4v) is 3.16. The van der Waals surface area contributed by atoms with Gasteiger partial charge in [0.15, 0.2) is 11.6 Å². The van der Waals surface area contributed by atoms with Crippen molar-refractivity contribution >= 4 is 11.8 Å². The SMILES string of the molecule is CC(=O)N(CCc1noc(C(C)C)n1)C1CCN(C(=O)c2ccco2)C1. The van der Waals surface area contributed by atoms with Gasteiger partial charge in [0, 0.05) is 38.9 Å². The van der Waals surface area contributed by atoms with Crippen LogP contribution in [0.3, 0.4) is 0 Å². The number of carbonyl (C=O) groups is 2. The Hall–Kier alpha value is -2.64. The minimum Gasteiger partial charge on any atom is -0.459 e. The molecule has 8 nitrogen and oxygen atoms in total. The number of hydrogen-bond donors (Lipinski definition) is 0. The maximum atomic E-state index is 12.4. The van der Waals surface area contributed by atoms with E-state index in [0.717, 1.165) is 6.42 Å². The van der Waals surface area contributed by atoms with Gasteiger partial charge in [-0.3, -0.25) is 9.59 Å². The summed E-state index contributed by atoms with van der Waals surface area (Å²) in [5.74, 6) is 1.55. The first-order valence-electron chi connectivity index (χ1n) is 8.88. The molecule has 2 aromatic heterocycles. The Morgan fingerprint density at radius 1 is 1.42 bits per heavy atom. The lowest BCUT2D eigenvalue weighted by molar-refractivity contribution is -0.130. The van der Waals surface area contributed by atoms with Gasteiger partial charge >= 0.3 is 0 Å². The Morgan fingerprint density at radius 2 is 2.23 bits per heavy atom. The second-order valence-electron chi connectivity index (χ2n) is 6.84. The third-order valence-corrected chi connectivity index (χ3v) is 4.58. The second kappa shape index (κ2) is 7.72. The predicted molar refractivity (Wildman–Crippen MR) is 92.5 cm³/mol. The molecule has 0 N–H and O–H groups in total. The molecule has 1 saturated heterocycles. The van der Waals surface area contributed by atoms with Crippen molar-refractivity contribution in [2.75, 3.05) is 19.6 Å². The molecule has 1 atom stereocenters. The Kier molecular flexibility index (Phi) is 5.39. The van der Waals surface area contributed by atoms with Crippen molar-refractivity contribution in [2.24, 2.45) is 0 Å². The molecule has 3 rings (SSSR count). The lowest BCUT2D eigenvalue weighted by Crippen LogP contribution is -2.42. The average Bonchev–Trinajstić information content (AvgIpc) is 3.35. The van der Waals surface area contributed by atoms with Crippen LogP contribution in [0.1, 0.15) is 55.4 Å². The topological polar surface area (TPSA) is 92.7 Å². The highest BCUT2D eigenvalue weighted by atomic mass is 16.5. The molecule has 2 amide bonds. The predicted octanol–water partition coefficient (Wildman–Crippen LogP) is 2.09. The van der Waals surface area contributed by atoms with Crippen LogP contribution in [0.2, 0.25) is 0 Å². The molecule has 0 saturated carbocycles. The van der Waals surface area contributed by atoms with E-state index in [1.165, 1.54) is 6.26 Å². The van der Waals surface area contributed by atoms with Crippen LogP contribution in [0.15, 0.2) is 27.3 Å². The molecule has 0 aromatic carbocycles. The summed E-state index contributed by atoms with van der Waals surface area (Å²) in [6.45, 7) is 7.13. The summed E-state index contributed by atoms with van der Waals surface area (Å²) in [6.07, 6.45) is 2.76. The molecule has 1 fully saturated rings. The number of amides is 2. The molecule has 0 spiro atoms. The van der Waals surface area contributed by atoms with E-state index in [-0.39, 0.29) is 23.8 Å². The summed E-state index contributed by atoms with van der Waals surface area (Å²) >= 11 is 0. The molecular weight excluding hydrogens is 336 g/mol. The Labute approximate surface area is 152 Å². The number of furan rings is 1. The molecule has 1 aliphatic rings. The fourth-order valence-electron chi connectivity index (χ4n) is 3.16. The molecule has 0 radical (unpaired) electrons. The Bertz CT molecular complexity index is 753. The number of carbonyl (C=O) groups excluding carboxylic acids is 2. The minimum atomic E-state index is -0.138. The number of nitrogens with zero attached hydrogens (tertiary/aromatic N) is 4. The molecular formula is C18H24N4O4. The van der Waals surface area contributed by atoms with Crippen LogP contribution >= 0.6 is 0 Å². The lowest BCUT2D eigenvalue weighted by atomic mass is 10.2. The van der Waals surface area contributed by atoms with Crippen LogP contribution in [0.25, 0.3) is 0 Å². The van der Waals surface area contributed by atoms with Gasteiger partial charge in [-0.15, -0.1) is 0 Å². The number of aromatic nitrogens is 2. The number of rotatable bonds is 6. The van der Waals surface area contributed by atoms with E-state index in [1.54, 1.807) is 28.9 Å². The van der Waals surface area contributed by atoms with Gasteiger partial charge in [-0.25, -0.2) is 0 Å². The van der Waals surface area contributed by atoms with Crippen molar-refractivity contribution in [3.05, 3.63) is 35.9 Å². The first-order chi connectivity index (χ1) is 12.5. The van der Waals surface area contributed by atoms with Gasteiger partial charge in [-0.2, -0.15) is 4.98 Å². The standard InChI is InChI=1S/C18H24N4O4/c1-12(2)17-19-16(20-26-17)7-9-22(13(3)23)14-6-8-21(11-14)18(24)15-5-4-10-25-15/h4-5,10,12,14H,6-9,11H2,1-3H3. The number of likely N-dealkylation sites (tertiary alicyclic amines) is 1. The molecule has 1 aliphatic heterocycles. The number of hydrogen-bond acceptors (Lipinski definition) is 6. The molecule has 140 valence electrons. The van der Waals surface area contributed by atoms with Gasteiger partial charge in [0.25, 0.3) is 5.91 Å². The zero-order valence-electron chi connectivity index (χ0n) is 15.3. The maximum Gasteiger partial charge on any atom is 0.289 e. The van der Waals surface area contributed by atoms with E-state index >= 15 is 0 Å². The van der Waals surface area contributed by atoms with Crippen LogP contribution < -0.4 is 0 Å². The highest BCUT2D eigenvalue weighted by Gasteiger charge is 2.33. The van der Waals surface area contributed by atoms with Crippen molar-refractivity contribution in [1.82, 2.24) is 19.9 Å². The minimum absolute atomic E-state index is 0.0112. The summed E-state index contributed by atoms with van der Waals surface area (Å²) in [6, 6.07) is 3.34. The smallest absolute Gasteiger partial charge is 0.289 e. The monoisotopic (exact) mass is 360 g/mol. The Morgan fingerprint density at radius 3 is 2.85 bits per heavy atom. The van der Waals surface area contributed by atoms with Gasteiger partial charge in [0.2, 0.25) is 11.8 Å². The van der Waals surface area contributed by atoms with Crippen LogP contribution in [0.5, 0.6) is 0 Å². The summed E-state index contributed by atoms with van der Waals surface area (Å²) in [7, 11) is 0. The van der Waals surface area contributed by atoms with E-state index in [0.29, 0.717) is 43.5 Å². The van der Waals surface area contributed by atoms with E-state index in [1.807, 2.05) is 13.8 Å². The van der Waals surface area contributed by atoms with Gasteiger partial charge in [0.05, 0.1) is 12.3 Å². The molecule has 0 bridgehead atoms. The molecule has 8 heteroatoms. The molecule has 1 unspecified atom stereocenters. The van der Waals surface area contributed by atoms with Gasteiger partial charge < -0.3 is 18.7 Å². The largest absolute Gasteiger partial charge is 0.459 e. The van der Waals surface area contributed by atoms with E-state index in [2.05, 4.69) is 10.1 Å². The third-order valence-electron chi connectivity index (χ3n) is 4.58. The third kappa shape index (κ3) is 3.95. The molecule has 3 heterocycles. The van der Waals surface area contributed by atoms with Gasteiger partial charge in [-0.1, -0.05) is 19.0 Å². The molecule has 26 heavy (non-hydrogen) atoms. The van der Waals surface area contributed by atoms with Crippen LogP contribution in [-0.2, 0) is 11.2 Å². The fraction of sp³-hybridized carbons (Fsp3) is 0.556. The van der Waals surface area contributed by atoms with E-state index < -0.39 is 0 Å². The van der Waals surface area contributed by atoms with Gasteiger partial charge in [0.1, 0.15) is 0 Å². The van der Waals surface area contributed by atoms with Crippen molar-refractivity contribution < 1.29 is 18.5 Å². The maximum absolute atomic E-state index is 12.4. The first-order valence-corrected chi connectivity index (χ1v) is 8.88. The van der Waals surface area contributed by atoms with Gasteiger partial charge in [-0.05, 0) is 18.6 Å². The van der Waals surface area contributed by atoms with Crippen molar-refractivity contribution in [3.8, 4) is 0 Å². The highest BCUT2D eigenvalue weighted by Crippen LogP contribution is 2.19. The average molecular weight is 360 g/mol. The van der Waals surface area contributed by atoms with E-state index in [4.69, 9.17) is 8.94 Å². The van der Waals surface area contributed by atoms with Crippen molar-refractivity contribution in [3.63, 3.8) is 0 Å². The van der Waals surface area contributed by atoms with Crippen molar-refractivity contribution in [2.45, 2.75) is 45.6 Å². The zero-order chi connectivity index (χ0) is 18.7. The quantitative estimate of drug-likeness (QED) is 0.783. The van der Waals surface area contributed by atoms with E-state index in [9.17, 15) is 9.59 Å². The second-order valence-corrected chi connectivity index (χ2v) is 6.84. The lowest BCUT2D eigenvalue weighted by Gasteiger charge is -2.27.